The lowest BCUT2D eigenvalue weighted by atomic mass is 10.1. The topological polar surface area (TPSA) is 76.7 Å². The number of hydrogen-bond donors (Lipinski definition) is 2. The van der Waals surface area contributed by atoms with Crippen LogP contribution in [0.3, 0.4) is 0 Å². The lowest BCUT2D eigenvalue weighted by Gasteiger charge is -2.08. The first-order valence-corrected chi connectivity index (χ1v) is 9.51. The molecule has 2 aromatic rings. The van der Waals surface area contributed by atoms with Crippen molar-refractivity contribution < 1.29 is 19.1 Å². The number of hydrogen-bond acceptors (Lipinski definition) is 4. The zero-order valence-corrected chi connectivity index (χ0v) is 16.1. The normalized spacial score (nSPS) is 10.4. The van der Waals surface area contributed by atoms with Gasteiger partial charge in [0, 0.05) is 13.1 Å². The summed E-state index contributed by atoms with van der Waals surface area (Å²) in [6, 6.07) is 19.9. The van der Waals surface area contributed by atoms with Crippen molar-refractivity contribution in [1.82, 2.24) is 10.6 Å². The Morgan fingerprint density at radius 2 is 1.04 bits per heavy atom. The van der Waals surface area contributed by atoms with Gasteiger partial charge in [0.1, 0.15) is 13.2 Å². The van der Waals surface area contributed by atoms with E-state index in [1.54, 1.807) is 0 Å². The molecule has 0 aromatic heterocycles. The number of nitrogens with one attached hydrogen (secondary N) is 2. The van der Waals surface area contributed by atoms with Crippen LogP contribution in [0.15, 0.2) is 60.7 Å². The molecule has 2 rings (SSSR count). The van der Waals surface area contributed by atoms with Crippen LogP contribution in [0.2, 0.25) is 0 Å². The summed E-state index contributed by atoms with van der Waals surface area (Å²) in [5.74, 6) is -0.316. The second-order valence-electron chi connectivity index (χ2n) is 6.28. The summed E-state index contributed by atoms with van der Waals surface area (Å²) in [4.78, 5) is 23.3. The Labute approximate surface area is 166 Å². The Kier molecular flexibility index (Phi) is 10.4. The molecule has 0 aliphatic heterocycles. The van der Waals surface area contributed by atoms with Crippen molar-refractivity contribution in [1.29, 1.82) is 0 Å². The van der Waals surface area contributed by atoms with Crippen LogP contribution < -0.4 is 10.6 Å². The largest absolute Gasteiger partial charge is 0.369 e. The minimum Gasteiger partial charge on any atom is -0.369 e. The SMILES string of the molecule is O=C(COCCOCC(=O)NCCc1ccccc1)NCCc1ccccc1. The minimum atomic E-state index is -0.158. The van der Waals surface area contributed by atoms with Crippen molar-refractivity contribution >= 4 is 11.8 Å². The maximum absolute atomic E-state index is 11.7. The molecule has 150 valence electrons. The third-order valence-corrected chi connectivity index (χ3v) is 4.00. The molecule has 2 aromatic carbocycles. The van der Waals surface area contributed by atoms with E-state index in [0.29, 0.717) is 13.1 Å². The van der Waals surface area contributed by atoms with E-state index in [4.69, 9.17) is 9.47 Å². The minimum absolute atomic E-state index is 0.0125. The van der Waals surface area contributed by atoms with Gasteiger partial charge in [-0.3, -0.25) is 9.59 Å². The third kappa shape index (κ3) is 9.85. The van der Waals surface area contributed by atoms with E-state index in [9.17, 15) is 9.59 Å². The van der Waals surface area contributed by atoms with Crippen molar-refractivity contribution in [2.45, 2.75) is 12.8 Å². The first kappa shape index (κ1) is 21.6. The first-order chi connectivity index (χ1) is 13.7. The fourth-order valence-corrected chi connectivity index (χ4v) is 2.53. The second kappa shape index (κ2) is 13.5. The first-order valence-electron chi connectivity index (χ1n) is 9.51. The maximum atomic E-state index is 11.7. The molecule has 28 heavy (non-hydrogen) atoms. The Morgan fingerprint density at radius 1 is 0.643 bits per heavy atom. The van der Waals surface area contributed by atoms with E-state index in [2.05, 4.69) is 10.6 Å². The van der Waals surface area contributed by atoms with Gasteiger partial charge in [0.15, 0.2) is 0 Å². The second-order valence-corrected chi connectivity index (χ2v) is 6.28. The number of amides is 2. The quantitative estimate of drug-likeness (QED) is 0.516. The van der Waals surface area contributed by atoms with Gasteiger partial charge in [-0.25, -0.2) is 0 Å². The average Bonchev–Trinajstić information content (AvgIpc) is 2.72. The van der Waals surface area contributed by atoms with Crippen LogP contribution in [-0.2, 0) is 31.9 Å². The van der Waals surface area contributed by atoms with Gasteiger partial charge in [-0.1, -0.05) is 60.7 Å². The van der Waals surface area contributed by atoms with Crippen LogP contribution in [-0.4, -0.2) is 51.3 Å². The van der Waals surface area contributed by atoms with Crippen molar-refractivity contribution in [3.63, 3.8) is 0 Å². The highest BCUT2D eigenvalue weighted by atomic mass is 16.5. The highest BCUT2D eigenvalue weighted by molar-refractivity contribution is 5.77. The molecule has 6 nitrogen and oxygen atoms in total. The third-order valence-electron chi connectivity index (χ3n) is 4.00. The highest BCUT2D eigenvalue weighted by Gasteiger charge is 2.03. The summed E-state index contributed by atoms with van der Waals surface area (Å²) >= 11 is 0. The van der Waals surface area contributed by atoms with Gasteiger partial charge < -0.3 is 20.1 Å². The number of carbonyl (C=O) groups excluding carboxylic acids is 2. The van der Waals surface area contributed by atoms with Gasteiger partial charge in [0.05, 0.1) is 13.2 Å². The predicted octanol–water partition coefficient (Wildman–Crippen LogP) is 1.74. The average molecular weight is 384 g/mol. The molecule has 0 saturated carbocycles. The summed E-state index contributed by atoms with van der Waals surface area (Å²) in [5.41, 5.74) is 2.36. The summed E-state index contributed by atoms with van der Waals surface area (Å²) in [7, 11) is 0. The molecule has 0 radical (unpaired) electrons. The van der Waals surface area contributed by atoms with E-state index >= 15 is 0 Å². The van der Waals surface area contributed by atoms with Gasteiger partial charge in [-0.15, -0.1) is 0 Å². The number of carbonyl (C=O) groups is 2. The lowest BCUT2D eigenvalue weighted by molar-refractivity contribution is -0.129. The van der Waals surface area contributed by atoms with Crippen molar-refractivity contribution in [3.8, 4) is 0 Å². The monoisotopic (exact) mass is 384 g/mol. The van der Waals surface area contributed by atoms with Crippen molar-refractivity contribution in [3.05, 3.63) is 71.8 Å². The number of rotatable bonds is 13. The molecule has 0 heterocycles. The smallest absolute Gasteiger partial charge is 0.246 e. The number of benzene rings is 2. The molecule has 2 N–H and O–H groups in total. The van der Waals surface area contributed by atoms with Gasteiger partial charge in [-0.05, 0) is 24.0 Å². The molecule has 0 fully saturated rings. The predicted molar refractivity (Wildman–Crippen MR) is 108 cm³/mol. The fourth-order valence-electron chi connectivity index (χ4n) is 2.53. The highest BCUT2D eigenvalue weighted by Crippen LogP contribution is 1.98. The summed E-state index contributed by atoms with van der Waals surface area (Å²) in [6.45, 7) is 1.66. The van der Waals surface area contributed by atoms with E-state index in [0.717, 1.165) is 12.8 Å². The van der Waals surface area contributed by atoms with Crippen LogP contribution in [0.25, 0.3) is 0 Å². The Bertz CT molecular complexity index is 631. The van der Waals surface area contributed by atoms with Gasteiger partial charge >= 0.3 is 0 Å². The van der Waals surface area contributed by atoms with Gasteiger partial charge in [-0.2, -0.15) is 0 Å². The molecule has 0 aliphatic carbocycles. The Hall–Kier alpha value is -2.70. The molecule has 0 unspecified atom stereocenters. The standard InChI is InChI=1S/C22H28N2O4/c25-21(23-13-11-19-7-3-1-4-8-19)17-27-15-16-28-18-22(26)24-14-12-20-9-5-2-6-10-20/h1-10H,11-18H2,(H,23,25)(H,24,26). The molecular weight excluding hydrogens is 356 g/mol. The van der Waals surface area contributed by atoms with Gasteiger partial charge in [0.2, 0.25) is 11.8 Å². The van der Waals surface area contributed by atoms with Crippen LogP contribution in [0.1, 0.15) is 11.1 Å². The van der Waals surface area contributed by atoms with Crippen molar-refractivity contribution in [2.75, 3.05) is 39.5 Å². The zero-order chi connectivity index (χ0) is 19.9. The van der Waals surface area contributed by atoms with Crippen LogP contribution >= 0.6 is 0 Å². The lowest BCUT2D eigenvalue weighted by Crippen LogP contribution is -2.31. The Balaban J connectivity index is 1.40. The molecule has 2 amide bonds. The van der Waals surface area contributed by atoms with E-state index < -0.39 is 0 Å². The van der Waals surface area contributed by atoms with E-state index in [-0.39, 0.29) is 38.2 Å². The van der Waals surface area contributed by atoms with E-state index in [1.807, 2.05) is 60.7 Å². The molecule has 0 spiro atoms. The molecular formula is C22H28N2O4. The van der Waals surface area contributed by atoms with E-state index in [1.165, 1.54) is 11.1 Å². The number of ether oxygens (including phenoxy) is 2. The molecule has 0 bridgehead atoms. The molecule has 6 heteroatoms. The molecule has 0 aliphatic rings. The zero-order valence-electron chi connectivity index (χ0n) is 16.1. The van der Waals surface area contributed by atoms with Crippen LogP contribution in [0, 0.1) is 0 Å². The van der Waals surface area contributed by atoms with Crippen LogP contribution in [0.4, 0.5) is 0 Å². The summed E-state index contributed by atoms with van der Waals surface area (Å²) < 4.78 is 10.5. The fraction of sp³-hybridized carbons (Fsp3) is 0.364. The van der Waals surface area contributed by atoms with Crippen LogP contribution in [0.5, 0.6) is 0 Å². The summed E-state index contributed by atoms with van der Waals surface area (Å²) in [5, 5.41) is 5.62. The Morgan fingerprint density at radius 3 is 1.43 bits per heavy atom. The van der Waals surface area contributed by atoms with Gasteiger partial charge in [0.25, 0.3) is 0 Å². The summed E-state index contributed by atoms with van der Waals surface area (Å²) in [6.07, 6.45) is 1.57. The molecule has 0 saturated heterocycles. The molecule has 0 atom stereocenters. The van der Waals surface area contributed by atoms with Crippen molar-refractivity contribution in [2.24, 2.45) is 0 Å². The maximum Gasteiger partial charge on any atom is 0.246 e.